The molecule has 8 nitrogen and oxygen atoms in total. The summed E-state index contributed by atoms with van der Waals surface area (Å²) >= 11 is 0. The van der Waals surface area contributed by atoms with Gasteiger partial charge in [0.15, 0.2) is 16.1 Å². The van der Waals surface area contributed by atoms with E-state index in [0.29, 0.717) is 12.7 Å². The molecular weight excluding hydrogens is 272 g/mol. The van der Waals surface area contributed by atoms with Crippen LogP contribution in [0.1, 0.15) is 16.9 Å². The van der Waals surface area contributed by atoms with Gasteiger partial charge >= 0.3 is 0 Å². The van der Waals surface area contributed by atoms with Gasteiger partial charge in [-0.05, 0) is 6.42 Å². The number of aldehydes is 1. The van der Waals surface area contributed by atoms with Crippen LogP contribution in [0.15, 0.2) is 6.20 Å². The molecule has 9 heteroatoms. The zero-order valence-corrected chi connectivity index (χ0v) is 11.2. The summed E-state index contributed by atoms with van der Waals surface area (Å²) in [5.41, 5.74) is 0.152. The van der Waals surface area contributed by atoms with E-state index in [1.807, 2.05) is 0 Å². The zero-order chi connectivity index (χ0) is 14.0. The number of nitrogens with zero attached hydrogens (tertiary/aromatic N) is 4. The molecule has 1 atom stereocenters. The molecule has 0 radical (unpaired) electrons. The van der Waals surface area contributed by atoms with Gasteiger partial charge in [0.25, 0.3) is 0 Å². The number of likely N-dealkylation sites (N-methyl/N-ethyl adjacent to an activating group) is 1. The maximum atomic E-state index is 12.0. The maximum Gasteiger partial charge on any atom is 0.244 e. The molecule has 0 spiro atoms. The molecule has 0 bridgehead atoms. The Balaban J connectivity index is 1.98. The van der Waals surface area contributed by atoms with Gasteiger partial charge in [-0.2, -0.15) is 0 Å². The van der Waals surface area contributed by atoms with Gasteiger partial charge in [0, 0.05) is 13.1 Å². The molecule has 2 heterocycles. The molecule has 0 aromatic carbocycles. The van der Waals surface area contributed by atoms with Crippen LogP contribution in [-0.2, 0) is 21.2 Å². The fourth-order valence-electron chi connectivity index (χ4n) is 1.98. The van der Waals surface area contributed by atoms with Gasteiger partial charge in [0.2, 0.25) is 5.91 Å². The summed E-state index contributed by atoms with van der Waals surface area (Å²) in [6, 6.07) is -0.286. The molecule has 0 aliphatic carbocycles. The third kappa shape index (κ3) is 3.16. The summed E-state index contributed by atoms with van der Waals surface area (Å²) in [4.78, 5) is 23.8. The second-order valence-electron chi connectivity index (χ2n) is 4.52. The van der Waals surface area contributed by atoms with E-state index in [1.165, 1.54) is 15.8 Å². The topological polar surface area (TPSA) is 102 Å². The normalized spacial score (nSPS) is 21.2. The molecule has 1 fully saturated rings. The van der Waals surface area contributed by atoms with Crippen molar-refractivity contribution < 1.29 is 18.0 Å². The number of aromatic nitrogens is 3. The first-order valence-corrected chi connectivity index (χ1v) is 7.55. The number of hydrogen-bond acceptors (Lipinski definition) is 6. The van der Waals surface area contributed by atoms with Crippen molar-refractivity contribution in [2.45, 2.75) is 19.0 Å². The van der Waals surface area contributed by atoms with Crippen LogP contribution >= 0.6 is 0 Å². The van der Waals surface area contributed by atoms with Gasteiger partial charge in [-0.1, -0.05) is 5.21 Å². The van der Waals surface area contributed by atoms with Gasteiger partial charge in [-0.25, -0.2) is 13.1 Å². The molecule has 0 N–H and O–H groups in total. The minimum atomic E-state index is -3.02. The van der Waals surface area contributed by atoms with Crippen LogP contribution in [0.2, 0.25) is 0 Å². The lowest BCUT2D eigenvalue weighted by Crippen LogP contribution is -2.39. The van der Waals surface area contributed by atoms with Crippen LogP contribution in [0.3, 0.4) is 0 Å². The molecule has 1 saturated heterocycles. The van der Waals surface area contributed by atoms with E-state index in [1.54, 1.807) is 7.05 Å². The SMILES string of the molecule is CN(C(=O)Cn1cc(C=O)nn1)C1CCS(=O)(=O)C1. The molecule has 104 valence electrons. The van der Waals surface area contributed by atoms with Crippen LogP contribution < -0.4 is 0 Å². The lowest BCUT2D eigenvalue weighted by atomic mass is 10.2. The predicted molar refractivity (Wildman–Crippen MR) is 65.2 cm³/mol. The monoisotopic (exact) mass is 286 g/mol. The van der Waals surface area contributed by atoms with Crippen molar-refractivity contribution in [2.75, 3.05) is 18.6 Å². The first-order valence-electron chi connectivity index (χ1n) is 5.72. The standard InChI is InChI=1S/C10H14N4O4S/c1-13(9-2-3-19(17,18)7-9)10(16)5-14-4-8(6-15)11-12-14/h4,6,9H,2-3,5,7H2,1H3. The Kier molecular flexibility index (Phi) is 3.65. The van der Waals surface area contributed by atoms with Crippen LogP contribution in [0.4, 0.5) is 0 Å². The second kappa shape index (κ2) is 5.08. The third-order valence-electron chi connectivity index (χ3n) is 3.12. The summed E-state index contributed by atoms with van der Waals surface area (Å²) in [6.45, 7) is -0.0616. The smallest absolute Gasteiger partial charge is 0.244 e. The van der Waals surface area contributed by atoms with Gasteiger partial charge in [0.1, 0.15) is 12.2 Å². The quantitative estimate of drug-likeness (QED) is 0.640. The number of carbonyl (C=O) groups excluding carboxylic acids is 2. The van der Waals surface area contributed by atoms with Crippen LogP contribution in [0.25, 0.3) is 0 Å². The summed E-state index contributed by atoms with van der Waals surface area (Å²) in [6.07, 6.45) is 2.37. The highest BCUT2D eigenvalue weighted by Gasteiger charge is 2.32. The molecule has 1 unspecified atom stereocenters. The maximum absolute atomic E-state index is 12.0. The summed E-state index contributed by atoms with van der Waals surface area (Å²) < 4.78 is 24.0. The van der Waals surface area contributed by atoms with E-state index in [2.05, 4.69) is 10.3 Å². The minimum absolute atomic E-state index is 0.00614. The Hall–Kier alpha value is -1.77. The average molecular weight is 286 g/mol. The van der Waals surface area contributed by atoms with E-state index >= 15 is 0 Å². The van der Waals surface area contributed by atoms with Gasteiger partial charge < -0.3 is 4.90 Å². The molecule has 1 amide bonds. The van der Waals surface area contributed by atoms with E-state index in [4.69, 9.17) is 0 Å². The minimum Gasteiger partial charge on any atom is -0.340 e. The molecule has 1 aliphatic heterocycles. The van der Waals surface area contributed by atoms with Crippen LogP contribution in [0.5, 0.6) is 0 Å². The van der Waals surface area contributed by atoms with E-state index in [-0.39, 0.29) is 35.7 Å². The molecule has 1 aromatic heterocycles. The average Bonchev–Trinajstić information content (AvgIpc) is 2.94. The summed E-state index contributed by atoms with van der Waals surface area (Å²) in [5, 5.41) is 7.18. The van der Waals surface area contributed by atoms with Crippen molar-refractivity contribution in [2.24, 2.45) is 0 Å². The molecule has 1 aliphatic rings. The van der Waals surface area contributed by atoms with Crippen molar-refractivity contribution in [3.63, 3.8) is 0 Å². The Bertz CT molecular complexity index is 594. The largest absolute Gasteiger partial charge is 0.340 e. The van der Waals surface area contributed by atoms with Crippen molar-refractivity contribution >= 4 is 22.0 Å². The number of hydrogen-bond donors (Lipinski definition) is 0. The molecular formula is C10H14N4O4S. The van der Waals surface area contributed by atoms with Crippen molar-refractivity contribution in [1.82, 2.24) is 19.9 Å². The Labute approximate surface area is 110 Å². The first-order chi connectivity index (χ1) is 8.91. The predicted octanol–water partition coefficient (Wildman–Crippen LogP) is -1.26. The van der Waals surface area contributed by atoms with Gasteiger partial charge in [-0.3, -0.25) is 9.59 Å². The van der Waals surface area contributed by atoms with E-state index < -0.39 is 9.84 Å². The van der Waals surface area contributed by atoms with Crippen molar-refractivity contribution in [1.29, 1.82) is 0 Å². The zero-order valence-electron chi connectivity index (χ0n) is 10.4. The first kappa shape index (κ1) is 13.7. The second-order valence-corrected chi connectivity index (χ2v) is 6.75. The number of amides is 1. The lowest BCUT2D eigenvalue weighted by molar-refractivity contribution is -0.132. The summed E-state index contributed by atoms with van der Waals surface area (Å²) in [7, 11) is -1.45. The Morgan fingerprint density at radius 1 is 1.63 bits per heavy atom. The number of carbonyl (C=O) groups is 2. The number of sulfone groups is 1. The van der Waals surface area contributed by atoms with Crippen molar-refractivity contribution in [3.8, 4) is 0 Å². The molecule has 19 heavy (non-hydrogen) atoms. The van der Waals surface area contributed by atoms with Crippen LogP contribution in [-0.4, -0.2) is 65.1 Å². The highest BCUT2D eigenvalue weighted by molar-refractivity contribution is 7.91. The highest BCUT2D eigenvalue weighted by Crippen LogP contribution is 2.16. The Morgan fingerprint density at radius 3 is 2.89 bits per heavy atom. The molecule has 0 saturated carbocycles. The van der Waals surface area contributed by atoms with E-state index in [0.717, 1.165) is 0 Å². The summed E-state index contributed by atoms with van der Waals surface area (Å²) in [5.74, 6) is -0.135. The third-order valence-corrected chi connectivity index (χ3v) is 4.87. The highest BCUT2D eigenvalue weighted by atomic mass is 32.2. The fourth-order valence-corrected chi connectivity index (χ4v) is 3.75. The van der Waals surface area contributed by atoms with E-state index in [9.17, 15) is 18.0 Å². The molecule has 1 aromatic rings. The van der Waals surface area contributed by atoms with Gasteiger partial charge in [-0.15, -0.1) is 5.10 Å². The molecule has 2 rings (SSSR count). The number of rotatable bonds is 4. The Morgan fingerprint density at radius 2 is 2.37 bits per heavy atom. The van der Waals surface area contributed by atoms with Crippen molar-refractivity contribution in [3.05, 3.63) is 11.9 Å². The lowest BCUT2D eigenvalue weighted by Gasteiger charge is -2.23. The van der Waals surface area contributed by atoms with Gasteiger partial charge in [0.05, 0.1) is 17.7 Å². The fraction of sp³-hybridized carbons (Fsp3) is 0.600. The van der Waals surface area contributed by atoms with Crippen LogP contribution in [0, 0.1) is 0 Å².